The lowest BCUT2D eigenvalue weighted by atomic mass is 9.85. The Bertz CT molecular complexity index is 2870. The number of hydrogen-bond acceptors (Lipinski definition) is 12. The van der Waals surface area contributed by atoms with Crippen LogP contribution in [0.1, 0.15) is 114 Å². The standard InChI is InChI=1S/C50H54N8O6S2/c1-26-29(4)66-49-41(26)42(53-37(24-40(60)64-9)45-56-55-30(5)58(45)49)33-16-14-32(15-17-33)36-21-20-35(23-39(36)59)46(61)54-44(50(6,7)8)48(63)57-22-10-11-38(57)47(62)52-27(2)31-12-18-34(19-13-31)43-28(3)51-25-65-43/h12-21,23,25,27,37-38,44,59H,10-11,22,24H2,1-9H3,(H,52,62)(H,54,61)/t27-,37-,38-,44?/m0/s1. The van der Waals surface area contributed by atoms with E-state index in [2.05, 4.69) is 39.7 Å². The van der Waals surface area contributed by atoms with Crippen molar-refractivity contribution in [1.29, 1.82) is 0 Å². The third-order valence-corrected chi connectivity index (χ3v) is 14.7. The number of phenols is 1. The first-order valence-electron chi connectivity index (χ1n) is 22.0. The summed E-state index contributed by atoms with van der Waals surface area (Å²) < 4.78 is 7.00. The molecule has 1 fully saturated rings. The number of esters is 1. The van der Waals surface area contributed by atoms with Crippen LogP contribution >= 0.6 is 22.7 Å². The number of carbonyl (C=O) groups is 4. The lowest BCUT2D eigenvalue weighted by Crippen LogP contribution is -2.57. The number of carbonyl (C=O) groups excluding carboxylic acids is 4. The summed E-state index contributed by atoms with van der Waals surface area (Å²) in [6.45, 7) is 15.9. The number of likely N-dealkylation sites (tertiary alicyclic amines) is 1. The van der Waals surface area contributed by atoms with Crippen molar-refractivity contribution in [1.82, 2.24) is 35.3 Å². The van der Waals surface area contributed by atoms with Gasteiger partial charge in [-0.25, -0.2) is 4.98 Å². The third kappa shape index (κ3) is 8.91. The number of aliphatic imine (C=N–C) groups is 1. The Hall–Kier alpha value is -6.52. The van der Waals surface area contributed by atoms with Crippen LogP contribution < -0.4 is 10.6 Å². The smallest absolute Gasteiger partial charge is 0.308 e. The van der Waals surface area contributed by atoms with E-state index in [9.17, 15) is 24.3 Å². The van der Waals surface area contributed by atoms with Gasteiger partial charge in [-0.1, -0.05) is 69.3 Å². The van der Waals surface area contributed by atoms with E-state index in [-0.39, 0.29) is 35.6 Å². The predicted molar refractivity (Wildman–Crippen MR) is 256 cm³/mol. The zero-order valence-corrected chi connectivity index (χ0v) is 40.2. The van der Waals surface area contributed by atoms with Crippen molar-refractivity contribution in [2.24, 2.45) is 10.4 Å². The first-order chi connectivity index (χ1) is 31.4. The van der Waals surface area contributed by atoms with Crippen molar-refractivity contribution in [2.45, 2.75) is 98.8 Å². The summed E-state index contributed by atoms with van der Waals surface area (Å²) in [7, 11) is 1.35. The minimum absolute atomic E-state index is 0.0114. The normalized spacial score (nSPS) is 16.7. The van der Waals surface area contributed by atoms with Gasteiger partial charge in [0, 0.05) is 33.7 Å². The van der Waals surface area contributed by atoms with Gasteiger partial charge in [0.15, 0.2) is 5.82 Å². The van der Waals surface area contributed by atoms with Crippen LogP contribution in [0.4, 0.5) is 0 Å². The topological polar surface area (TPSA) is 181 Å². The second kappa shape index (κ2) is 18.4. The molecule has 66 heavy (non-hydrogen) atoms. The number of phenolic OH excluding ortho intramolecular Hbond substituents is 1. The number of methoxy groups -OCH3 is 1. The largest absolute Gasteiger partial charge is 0.507 e. The van der Waals surface area contributed by atoms with E-state index in [0.717, 1.165) is 48.3 Å². The van der Waals surface area contributed by atoms with Crippen LogP contribution in [-0.4, -0.2) is 84.9 Å². The number of aromatic hydroxyl groups is 1. The molecule has 3 N–H and O–H groups in total. The van der Waals surface area contributed by atoms with Gasteiger partial charge in [-0.05, 0) is 93.3 Å². The Morgan fingerprint density at radius 2 is 1.62 bits per heavy atom. The molecule has 14 nitrogen and oxygen atoms in total. The van der Waals surface area contributed by atoms with Gasteiger partial charge in [0.2, 0.25) is 11.8 Å². The van der Waals surface area contributed by atoms with E-state index >= 15 is 0 Å². The molecule has 3 aromatic carbocycles. The Kier molecular flexibility index (Phi) is 12.8. The lowest BCUT2D eigenvalue weighted by Gasteiger charge is -2.35. The van der Waals surface area contributed by atoms with E-state index in [1.54, 1.807) is 39.7 Å². The summed E-state index contributed by atoms with van der Waals surface area (Å²) in [5.74, 6) is -0.376. The molecule has 342 valence electrons. The van der Waals surface area contributed by atoms with Crippen molar-refractivity contribution in [3.8, 4) is 32.3 Å². The van der Waals surface area contributed by atoms with Crippen LogP contribution in [-0.2, 0) is 19.1 Å². The highest BCUT2D eigenvalue weighted by Gasteiger charge is 2.42. The fraction of sp³-hybridized carbons (Fsp3) is 0.360. The summed E-state index contributed by atoms with van der Waals surface area (Å²) in [5.41, 5.74) is 9.00. The SMILES string of the molecule is COC(=O)C[C@@H]1N=C(c2ccc(-c3ccc(C(=O)NC(C(=O)N4CCC[C@H]4C(=O)N[C@@H](C)c4ccc(-c5scnc5C)cc4)C(C)(C)C)cc3O)cc2)c2c(sc(C)c2C)-n2c(C)nnc21. The number of fused-ring (bicyclic) bond motifs is 3. The van der Waals surface area contributed by atoms with E-state index in [1.807, 2.05) is 100 Å². The molecule has 3 aromatic heterocycles. The zero-order chi connectivity index (χ0) is 47.2. The number of rotatable bonds is 11. The number of benzene rings is 3. The van der Waals surface area contributed by atoms with Gasteiger partial charge in [-0.2, -0.15) is 0 Å². The van der Waals surface area contributed by atoms with Crippen molar-refractivity contribution in [2.75, 3.05) is 13.7 Å². The maximum absolute atomic E-state index is 14.3. The van der Waals surface area contributed by atoms with E-state index < -0.39 is 35.4 Å². The molecule has 1 unspecified atom stereocenters. The quantitative estimate of drug-likeness (QED) is 0.107. The van der Waals surface area contributed by atoms with Gasteiger partial charge < -0.3 is 25.4 Å². The van der Waals surface area contributed by atoms with Crippen molar-refractivity contribution >= 4 is 52.1 Å². The fourth-order valence-corrected chi connectivity index (χ4v) is 10.7. The fourth-order valence-electron chi connectivity index (χ4n) is 8.72. The number of hydrogen-bond donors (Lipinski definition) is 3. The Morgan fingerprint density at radius 3 is 2.27 bits per heavy atom. The molecule has 2 aliphatic heterocycles. The lowest BCUT2D eigenvalue weighted by molar-refractivity contribution is -0.142. The molecule has 6 aromatic rings. The number of thiophene rings is 1. The summed E-state index contributed by atoms with van der Waals surface area (Å²) in [6.07, 6.45) is 1.16. The maximum Gasteiger partial charge on any atom is 0.308 e. The molecule has 1 saturated heterocycles. The van der Waals surface area contributed by atoms with Gasteiger partial charge in [-0.15, -0.1) is 32.9 Å². The average molecular weight is 927 g/mol. The molecule has 0 bridgehead atoms. The summed E-state index contributed by atoms with van der Waals surface area (Å²) in [6, 6.07) is 17.8. The predicted octanol–water partition coefficient (Wildman–Crippen LogP) is 8.53. The van der Waals surface area contributed by atoms with E-state index in [0.29, 0.717) is 47.9 Å². The van der Waals surface area contributed by atoms with Crippen LogP contribution in [0.5, 0.6) is 5.75 Å². The van der Waals surface area contributed by atoms with Crippen LogP contribution in [0.25, 0.3) is 26.6 Å². The molecule has 3 amide bonds. The van der Waals surface area contributed by atoms with Gasteiger partial charge in [-0.3, -0.25) is 28.7 Å². The Morgan fingerprint density at radius 1 is 0.924 bits per heavy atom. The number of ether oxygens (including phenoxy) is 1. The summed E-state index contributed by atoms with van der Waals surface area (Å²) >= 11 is 3.21. The second-order valence-corrected chi connectivity index (χ2v) is 20.1. The highest BCUT2D eigenvalue weighted by Crippen LogP contribution is 2.40. The summed E-state index contributed by atoms with van der Waals surface area (Å²) in [5, 5.41) is 27.1. The highest BCUT2D eigenvalue weighted by atomic mass is 32.1. The molecule has 8 rings (SSSR count). The molecule has 16 heteroatoms. The molecule has 0 radical (unpaired) electrons. The van der Waals surface area contributed by atoms with Crippen LogP contribution in [0.2, 0.25) is 0 Å². The highest BCUT2D eigenvalue weighted by molar-refractivity contribution is 7.15. The minimum Gasteiger partial charge on any atom is -0.507 e. The molecule has 0 spiro atoms. The molecule has 5 heterocycles. The molecule has 0 saturated carbocycles. The zero-order valence-electron chi connectivity index (χ0n) is 38.6. The van der Waals surface area contributed by atoms with Gasteiger partial charge in [0.1, 0.15) is 34.7 Å². The molecule has 2 aliphatic rings. The number of nitrogens with zero attached hydrogens (tertiary/aromatic N) is 6. The monoisotopic (exact) mass is 926 g/mol. The molecule has 0 aliphatic carbocycles. The van der Waals surface area contributed by atoms with Crippen molar-refractivity contribution in [3.63, 3.8) is 0 Å². The van der Waals surface area contributed by atoms with Crippen LogP contribution in [0.15, 0.2) is 77.2 Å². The Balaban J connectivity index is 0.973. The maximum atomic E-state index is 14.3. The van der Waals surface area contributed by atoms with E-state index in [4.69, 9.17) is 9.73 Å². The number of aryl methyl sites for hydroxylation is 3. The second-order valence-electron chi connectivity index (χ2n) is 18.1. The average Bonchev–Trinajstić information content (AvgIpc) is 4.09. The number of nitrogens with one attached hydrogen (secondary N) is 2. The molecule has 4 atom stereocenters. The van der Waals surface area contributed by atoms with E-state index in [1.165, 1.54) is 13.2 Å². The Labute approximate surface area is 392 Å². The minimum atomic E-state index is -0.956. The van der Waals surface area contributed by atoms with Gasteiger partial charge >= 0.3 is 5.97 Å². The number of aromatic nitrogens is 4. The summed E-state index contributed by atoms with van der Waals surface area (Å²) in [4.78, 5) is 67.9. The van der Waals surface area contributed by atoms with Crippen LogP contribution in [0.3, 0.4) is 0 Å². The third-order valence-electron chi connectivity index (χ3n) is 12.6. The number of thiazole rings is 1. The van der Waals surface area contributed by atoms with Gasteiger partial charge in [0.25, 0.3) is 5.91 Å². The number of amides is 3. The molecular formula is C50H54N8O6S2. The molecular weight excluding hydrogens is 873 g/mol. The first kappa shape index (κ1) is 46.0. The van der Waals surface area contributed by atoms with Gasteiger partial charge in [0.05, 0.1) is 41.4 Å². The first-order valence-corrected chi connectivity index (χ1v) is 23.7. The van der Waals surface area contributed by atoms with Crippen molar-refractivity contribution < 1.29 is 29.0 Å². The van der Waals surface area contributed by atoms with Crippen LogP contribution in [0, 0.1) is 33.1 Å². The van der Waals surface area contributed by atoms with Crippen molar-refractivity contribution in [3.05, 3.63) is 122 Å².